The molecule has 1 unspecified atom stereocenters. The summed E-state index contributed by atoms with van der Waals surface area (Å²) in [6, 6.07) is 14.9. The van der Waals surface area contributed by atoms with Crippen LogP contribution in [-0.4, -0.2) is 16.9 Å². The number of hydrogen-bond acceptors (Lipinski definition) is 5. The minimum atomic E-state index is -0.379. The number of carbonyl (C=O) groups is 2. The first-order valence-electron chi connectivity index (χ1n) is 10.0. The number of amides is 1. The molecule has 1 aromatic heterocycles. The van der Waals surface area contributed by atoms with Crippen molar-refractivity contribution in [2.24, 2.45) is 5.92 Å². The molecule has 3 aromatic rings. The molecule has 0 radical (unpaired) electrons. The number of aryl methyl sites for hydroxylation is 1. The zero-order chi connectivity index (χ0) is 22.4. The highest BCUT2D eigenvalue weighted by Crippen LogP contribution is 2.27. The van der Waals surface area contributed by atoms with Crippen molar-refractivity contribution >= 4 is 40.5 Å². The van der Waals surface area contributed by atoms with Crippen LogP contribution in [0.1, 0.15) is 41.6 Å². The minimum Gasteiger partial charge on any atom is -0.459 e. The molecule has 1 heterocycles. The summed E-state index contributed by atoms with van der Waals surface area (Å²) in [5, 5.41) is 5.97. The fourth-order valence-corrected chi connectivity index (χ4v) is 4.08. The third kappa shape index (κ3) is 6.64. The van der Waals surface area contributed by atoms with E-state index in [0.29, 0.717) is 15.7 Å². The van der Waals surface area contributed by atoms with Gasteiger partial charge in [0.05, 0.1) is 18.0 Å². The fourth-order valence-electron chi connectivity index (χ4n) is 3.17. The fraction of sp³-hybridized carbons (Fsp3) is 0.292. The van der Waals surface area contributed by atoms with E-state index >= 15 is 0 Å². The normalized spacial score (nSPS) is 11.9. The molecule has 2 aromatic carbocycles. The number of carbonyl (C=O) groups excluding carboxylic acids is 2. The molecule has 0 fully saturated rings. The Morgan fingerprint density at radius 2 is 1.77 bits per heavy atom. The zero-order valence-electron chi connectivity index (χ0n) is 17.7. The second-order valence-corrected chi connectivity index (χ2v) is 9.08. The van der Waals surface area contributed by atoms with Gasteiger partial charge in [0.2, 0.25) is 5.91 Å². The number of hydrogen-bond donors (Lipinski definition) is 1. The van der Waals surface area contributed by atoms with E-state index in [9.17, 15) is 9.59 Å². The number of thiazole rings is 1. The monoisotopic (exact) mass is 456 g/mol. The molecule has 162 valence electrons. The van der Waals surface area contributed by atoms with Gasteiger partial charge >= 0.3 is 5.97 Å². The molecule has 5 nitrogen and oxygen atoms in total. The van der Waals surface area contributed by atoms with Crippen molar-refractivity contribution in [2.45, 2.75) is 39.7 Å². The van der Waals surface area contributed by atoms with Crippen molar-refractivity contribution in [3.8, 4) is 0 Å². The summed E-state index contributed by atoms with van der Waals surface area (Å²) in [7, 11) is 0. The predicted octanol–water partition coefficient (Wildman–Crippen LogP) is 5.77. The van der Waals surface area contributed by atoms with Gasteiger partial charge in [-0.1, -0.05) is 55.3 Å². The Morgan fingerprint density at radius 1 is 1.10 bits per heavy atom. The van der Waals surface area contributed by atoms with E-state index in [4.69, 9.17) is 16.3 Å². The maximum absolute atomic E-state index is 12.7. The molecule has 0 saturated heterocycles. The average Bonchev–Trinajstić information content (AvgIpc) is 3.16. The molecule has 0 aliphatic rings. The van der Waals surface area contributed by atoms with E-state index in [2.05, 4.69) is 10.3 Å². The van der Waals surface area contributed by atoms with E-state index in [0.717, 1.165) is 16.8 Å². The van der Waals surface area contributed by atoms with Crippen molar-refractivity contribution in [3.63, 3.8) is 0 Å². The van der Waals surface area contributed by atoms with Gasteiger partial charge in [0, 0.05) is 16.1 Å². The SMILES string of the molecule is Cc1ccc(NC(=O)Cc2nc(COC(=O)C(c3ccc(Cl)cc3)C(C)C)cs2)cc1. The topological polar surface area (TPSA) is 68.3 Å². The van der Waals surface area contributed by atoms with Crippen molar-refractivity contribution in [1.29, 1.82) is 0 Å². The summed E-state index contributed by atoms with van der Waals surface area (Å²) in [4.78, 5) is 29.4. The highest BCUT2D eigenvalue weighted by Gasteiger charge is 2.26. The van der Waals surface area contributed by atoms with Crippen LogP contribution in [0.15, 0.2) is 53.9 Å². The van der Waals surface area contributed by atoms with Crippen LogP contribution in [0.2, 0.25) is 5.02 Å². The number of nitrogens with one attached hydrogen (secondary N) is 1. The highest BCUT2D eigenvalue weighted by atomic mass is 35.5. The number of aromatic nitrogens is 1. The molecule has 0 aliphatic heterocycles. The Balaban J connectivity index is 1.55. The van der Waals surface area contributed by atoms with E-state index < -0.39 is 0 Å². The number of esters is 1. The Morgan fingerprint density at radius 3 is 2.42 bits per heavy atom. The van der Waals surface area contributed by atoms with Crippen LogP contribution in [0.25, 0.3) is 0 Å². The minimum absolute atomic E-state index is 0.0742. The van der Waals surface area contributed by atoms with Crippen molar-refractivity contribution in [1.82, 2.24) is 4.98 Å². The predicted molar refractivity (Wildman–Crippen MR) is 124 cm³/mol. The van der Waals surface area contributed by atoms with Crippen molar-refractivity contribution in [2.75, 3.05) is 5.32 Å². The summed E-state index contributed by atoms with van der Waals surface area (Å²) in [6.07, 6.45) is 0.173. The second-order valence-electron chi connectivity index (χ2n) is 7.70. The van der Waals surface area contributed by atoms with Gasteiger partial charge in [-0.25, -0.2) is 4.98 Å². The molecule has 0 saturated carbocycles. The first kappa shape index (κ1) is 23.0. The number of benzene rings is 2. The lowest BCUT2D eigenvalue weighted by Crippen LogP contribution is -2.21. The van der Waals surface area contributed by atoms with Gasteiger partial charge in [-0.05, 0) is 42.7 Å². The first-order valence-corrected chi connectivity index (χ1v) is 11.3. The third-order valence-corrected chi connectivity index (χ3v) is 5.91. The van der Waals surface area contributed by atoms with E-state index in [-0.39, 0.29) is 36.7 Å². The number of anilines is 1. The molecular formula is C24H25ClN2O3S. The van der Waals surface area contributed by atoms with E-state index in [1.165, 1.54) is 11.3 Å². The average molecular weight is 457 g/mol. The second kappa shape index (κ2) is 10.6. The Kier molecular flexibility index (Phi) is 7.82. The largest absolute Gasteiger partial charge is 0.459 e. The molecule has 0 spiro atoms. The molecule has 1 amide bonds. The van der Waals surface area contributed by atoms with Gasteiger partial charge in [-0.3, -0.25) is 9.59 Å². The van der Waals surface area contributed by atoms with Crippen LogP contribution in [-0.2, 0) is 27.4 Å². The van der Waals surface area contributed by atoms with Gasteiger partial charge in [0.1, 0.15) is 11.6 Å². The molecule has 31 heavy (non-hydrogen) atoms. The maximum atomic E-state index is 12.7. The molecule has 0 bridgehead atoms. The zero-order valence-corrected chi connectivity index (χ0v) is 19.3. The smallest absolute Gasteiger partial charge is 0.314 e. The molecule has 1 atom stereocenters. The number of ether oxygens (including phenoxy) is 1. The highest BCUT2D eigenvalue weighted by molar-refractivity contribution is 7.09. The summed E-state index contributed by atoms with van der Waals surface area (Å²) in [5.74, 6) is -0.742. The Labute approximate surface area is 191 Å². The van der Waals surface area contributed by atoms with Crippen molar-refractivity contribution in [3.05, 3.63) is 80.8 Å². The first-order chi connectivity index (χ1) is 14.8. The summed E-state index contributed by atoms with van der Waals surface area (Å²) < 4.78 is 5.53. The number of nitrogens with zero attached hydrogens (tertiary/aromatic N) is 1. The van der Waals surface area contributed by atoms with Crippen LogP contribution in [0.4, 0.5) is 5.69 Å². The van der Waals surface area contributed by atoms with E-state index in [1.54, 1.807) is 12.1 Å². The lowest BCUT2D eigenvalue weighted by atomic mass is 9.88. The van der Waals surface area contributed by atoms with Crippen molar-refractivity contribution < 1.29 is 14.3 Å². The Hall–Kier alpha value is -2.70. The van der Waals surface area contributed by atoms with Crippen LogP contribution < -0.4 is 5.32 Å². The van der Waals surface area contributed by atoms with Crippen LogP contribution in [0, 0.1) is 12.8 Å². The van der Waals surface area contributed by atoms with Gasteiger partial charge in [0.15, 0.2) is 0 Å². The number of halogens is 1. The van der Waals surface area contributed by atoms with Gasteiger partial charge < -0.3 is 10.1 Å². The van der Waals surface area contributed by atoms with E-state index in [1.807, 2.05) is 62.5 Å². The van der Waals surface area contributed by atoms with Gasteiger partial charge in [-0.15, -0.1) is 11.3 Å². The van der Waals surface area contributed by atoms with Gasteiger partial charge in [0.25, 0.3) is 0 Å². The van der Waals surface area contributed by atoms with Crippen LogP contribution in [0.3, 0.4) is 0 Å². The lowest BCUT2D eigenvalue weighted by molar-refractivity contribution is -0.148. The van der Waals surface area contributed by atoms with Gasteiger partial charge in [-0.2, -0.15) is 0 Å². The standard InChI is InChI=1S/C24H25ClN2O3S/c1-15(2)23(17-6-8-18(25)9-7-17)24(29)30-13-20-14-31-22(27-20)12-21(28)26-19-10-4-16(3)5-11-19/h4-11,14-15,23H,12-13H2,1-3H3,(H,26,28). The molecule has 1 N–H and O–H groups in total. The number of rotatable bonds is 8. The van der Waals surface area contributed by atoms with Crippen LogP contribution in [0.5, 0.6) is 0 Å². The molecule has 0 aliphatic carbocycles. The lowest BCUT2D eigenvalue weighted by Gasteiger charge is -2.19. The third-order valence-electron chi connectivity index (χ3n) is 4.76. The molecule has 3 rings (SSSR count). The molecular weight excluding hydrogens is 432 g/mol. The summed E-state index contributed by atoms with van der Waals surface area (Å²) in [5.41, 5.74) is 3.39. The van der Waals surface area contributed by atoms with Crippen LogP contribution >= 0.6 is 22.9 Å². The Bertz CT molecular complexity index is 1030. The quantitative estimate of drug-likeness (QED) is 0.437. The summed E-state index contributed by atoms with van der Waals surface area (Å²) in [6.45, 7) is 6.03. The summed E-state index contributed by atoms with van der Waals surface area (Å²) >= 11 is 7.33. The maximum Gasteiger partial charge on any atom is 0.314 e. The molecule has 7 heteroatoms.